The number of anilines is 1. The Bertz CT molecular complexity index is 1090. The maximum Gasteiger partial charge on any atom is 0.338 e. The first-order valence-corrected chi connectivity index (χ1v) is 8.38. The summed E-state index contributed by atoms with van der Waals surface area (Å²) in [5.74, 6) is -0.685. The van der Waals surface area contributed by atoms with Crippen LogP contribution in [0.5, 0.6) is 0 Å². The number of amides is 1. The van der Waals surface area contributed by atoms with E-state index in [9.17, 15) is 19.7 Å². The van der Waals surface area contributed by atoms with Crippen LogP contribution in [0.1, 0.15) is 46.4 Å². The number of hydrogen-bond acceptors (Lipinski definition) is 7. The van der Waals surface area contributed by atoms with Gasteiger partial charge in [0.1, 0.15) is 5.52 Å². The highest BCUT2D eigenvalue weighted by atomic mass is 16.6. The smallest absolute Gasteiger partial charge is 0.338 e. The molecule has 0 aliphatic heterocycles. The Balaban J connectivity index is 1.91. The molecule has 28 heavy (non-hydrogen) atoms. The van der Waals surface area contributed by atoms with Gasteiger partial charge in [-0.15, -0.1) is 0 Å². The SMILES string of the molecule is COC(=O)c1cc(C(=O)Nc2ccc3oc(C(C)C)nc3c2)cc([N+](=O)[O-])c1. The zero-order valence-corrected chi connectivity index (χ0v) is 15.4. The van der Waals surface area contributed by atoms with Gasteiger partial charge in [0.15, 0.2) is 11.5 Å². The molecule has 3 rings (SSSR count). The van der Waals surface area contributed by atoms with Crippen LogP contribution in [0.25, 0.3) is 11.1 Å². The van der Waals surface area contributed by atoms with Gasteiger partial charge >= 0.3 is 5.97 Å². The van der Waals surface area contributed by atoms with Crippen LogP contribution >= 0.6 is 0 Å². The van der Waals surface area contributed by atoms with Gasteiger partial charge in [-0.3, -0.25) is 14.9 Å². The predicted molar refractivity (Wildman–Crippen MR) is 100 cm³/mol. The molecule has 0 aliphatic rings. The number of carbonyl (C=O) groups excluding carboxylic acids is 2. The molecule has 9 heteroatoms. The number of nitro groups is 1. The standard InChI is InChI=1S/C19H17N3O6/c1-10(2)18-21-15-9-13(4-5-16(15)28-18)20-17(23)11-6-12(19(24)27-3)8-14(7-11)22(25)26/h4-10H,1-3H3,(H,20,23). The number of carbonyl (C=O) groups is 2. The van der Waals surface area contributed by atoms with Gasteiger partial charge in [-0.25, -0.2) is 9.78 Å². The van der Waals surface area contributed by atoms with E-state index in [0.717, 1.165) is 19.2 Å². The molecule has 0 atom stereocenters. The summed E-state index contributed by atoms with van der Waals surface area (Å²) < 4.78 is 10.2. The van der Waals surface area contributed by atoms with Crippen molar-refractivity contribution < 1.29 is 23.7 Å². The molecule has 0 unspecified atom stereocenters. The van der Waals surface area contributed by atoms with E-state index < -0.39 is 16.8 Å². The maximum atomic E-state index is 12.6. The zero-order valence-electron chi connectivity index (χ0n) is 15.4. The molecule has 0 fully saturated rings. The molecule has 144 valence electrons. The number of non-ortho nitro benzene ring substituents is 1. The Hall–Kier alpha value is -3.75. The summed E-state index contributed by atoms with van der Waals surface area (Å²) in [6.07, 6.45) is 0. The summed E-state index contributed by atoms with van der Waals surface area (Å²) in [5.41, 5.74) is 1.09. The molecule has 1 aromatic heterocycles. The first kappa shape index (κ1) is 19.0. The third-order valence-electron chi connectivity index (χ3n) is 3.97. The Morgan fingerprint density at radius 1 is 1.18 bits per heavy atom. The van der Waals surface area contributed by atoms with Crippen molar-refractivity contribution in [2.24, 2.45) is 0 Å². The number of rotatable bonds is 5. The van der Waals surface area contributed by atoms with Crippen molar-refractivity contribution in [2.45, 2.75) is 19.8 Å². The lowest BCUT2D eigenvalue weighted by Crippen LogP contribution is -2.14. The minimum atomic E-state index is -0.775. The van der Waals surface area contributed by atoms with Crippen LogP contribution in [0.2, 0.25) is 0 Å². The Kier molecular flexibility index (Phi) is 5.08. The first-order valence-electron chi connectivity index (χ1n) is 8.38. The summed E-state index contributed by atoms with van der Waals surface area (Å²) >= 11 is 0. The van der Waals surface area contributed by atoms with E-state index in [2.05, 4.69) is 15.0 Å². The number of oxazole rings is 1. The highest BCUT2D eigenvalue weighted by molar-refractivity contribution is 6.06. The molecule has 9 nitrogen and oxygen atoms in total. The lowest BCUT2D eigenvalue weighted by molar-refractivity contribution is -0.384. The number of fused-ring (bicyclic) bond motifs is 1. The number of esters is 1. The average molecular weight is 383 g/mol. The molecule has 0 saturated carbocycles. The molecular weight excluding hydrogens is 366 g/mol. The van der Waals surface area contributed by atoms with Crippen LogP contribution in [-0.4, -0.2) is 28.9 Å². The largest absolute Gasteiger partial charge is 0.465 e. The molecule has 0 spiro atoms. The van der Waals surface area contributed by atoms with Gasteiger partial charge in [0.2, 0.25) is 0 Å². The predicted octanol–water partition coefficient (Wildman–Crippen LogP) is 3.90. The third kappa shape index (κ3) is 3.83. The van der Waals surface area contributed by atoms with Gasteiger partial charge in [0.05, 0.1) is 17.6 Å². The fourth-order valence-electron chi connectivity index (χ4n) is 2.56. The van der Waals surface area contributed by atoms with Crippen molar-refractivity contribution in [3.8, 4) is 0 Å². The van der Waals surface area contributed by atoms with E-state index >= 15 is 0 Å². The van der Waals surface area contributed by atoms with E-state index in [1.54, 1.807) is 18.2 Å². The number of ether oxygens (including phenoxy) is 1. The molecule has 1 N–H and O–H groups in total. The minimum Gasteiger partial charge on any atom is -0.465 e. The first-order chi connectivity index (χ1) is 13.3. The molecule has 2 aromatic carbocycles. The van der Waals surface area contributed by atoms with Gasteiger partial charge in [-0.05, 0) is 24.3 Å². The average Bonchev–Trinajstić information content (AvgIpc) is 3.10. The lowest BCUT2D eigenvalue weighted by atomic mass is 10.1. The zero-order chi connectivity index (χ0) is 20.4. The Morgan fingerprint density at radius 3 is 2.54 bits per heavy atom. The topological polar surface area (TPSA) is 125 Å². The number of hydrogen-bond donors (Lipinski definition) is 1. The van der Waals surface area contributed by atoms with E-state index in [1.807, 2.05) is 13.8 Å². The lowest BCUT2D eigenvalue weighted by Gasteiger charge is -2.07. The Labute approximate surface area is 159 Å². The van der Waals surface area contributed by atoms with Crippen molar-refractivity contribution in [3.05, 3.63) is 63.5 Å². The summed E-state index contributed by atoms with van der Waals surface area (Å²) in [6, 6.07) is 8.33. The molecule has 0 bridgehead atoms. The van der Waals surface area contributed by atoms with Gasteiger partial charge in [-0.1, -0.05) is 13.8 Å². The highest BCUT2D eigenvalue weighted by Crippen LogP contribution is 2.25. The van der Waals surface area contributed by atoms with Crippen LogP contribution in [0.4, 0.5) is 11.4 Å². The van der Waals surface area contributed by atoms with Crippen molar-refractivity contribution in [2.75, 3.05) is 12.4 Å². The van der Waals surface area contributed by atoms with Crippen LogP contribution < -0.4 is 5.32 Å². The molecule has 1 heterocycles. The van der Waals surface area contributed by atoms with Gasteiger partial charge in [0, 0.05) is 29.3 Å². The quantitative estimate of drug-likeness (QED) is 0.402. The molecular formula is C19H17N3O6. The van der Waals surface area contributed by atoms with E-state index in [4.69, 9.17) is 4.42 Å². The van der Waals surface area contributed by atoms with Crippen molar-refractivity contribution in [1.29, 1.82) is 0 Å². The number of nitrogens with one attached hydrogen (secondary N) is 1. The number of nitrogens with zero attached hydrogens (tertiary/aromatic N) is 2. The number of methoxy groups -OCH3 is 1. The van der Waals surface area contributed by atoms with Gasteiger partial charge in [-0.2, -0.15) is 0 Å². The second-order valence-corrected chi connectivity index (χ2v) is 6.36. The normalized spacial score (nSPS) is 10.9. The molecule has 0 aliphatic carbocycles. The van der Waals surface area contributed by atoms with Crippen LogP contribution in [0, 0.1) is 10.1 Å². The van der Waals surface area contributed by atoms with Crippen LogP contribution in [-0.2, 0) is 4.74 Å². The van der Waals surface area contributed by atoms with Crippen LogP contribution in [0.3, 0.4) is 0 Å². The molecule has 3 aromatic rings. The summed E-state index contributed by atoms with van der Waals surface area (Å²) in [7, 11) is 1.15. The summed E-state index contributed by atoms with van der Waals surface area (Å²) in [4.78, 5) is 39.1. The maximum absolute atomic E-state index is 12.6. The number of benzene rings is 2. The monoisotopic (exact) mass is 383 g/mol. The fraction of sp³-hybridized carbons (Fsp3) is 0.211. The van der Waals surface area contributed by atoms with E-state index in [-0.39, 0.29) is 22.7 Å². The Morgan fingerprint density at radius 2 is 1.89 bits per heavy atom. The second-order valence-electron chi connectivity index (χ2n) is 6.36. The number of aromatic nitrogens is 1. The van der Waals surface area contributed by atoms with E-state index in [1.165, 1.54) is 6.07 Å². The van der Waals surface area contributed by atoms with Crippen molar-refractivity contribution in [3.63, 3.8) is 0 Å². The summed E-state index contributed by atoms with van der Waals surface area (Å²) in [6.45, 7) is 3.91. The highest BCUT2D eigenvalue weighted by Gasteiger charge is 2.19. The third-order valence-corrected chi connectivity index (χ3v) is 3.97. The minimum absolute atomic E-state index is 0.0438. The molecule has 1 amide bonds. The second kappa shape index (κ2) is 7.47. The van der Waals surface area contributed by atoms with Crippen LogP contribution in [0.15, 0.2) is 40.8 Å². The van der Waals surface area contributed by atoms with Crippen molar-refractivity contribution >= 4 is 34.4 Å². The van der Waals surface area contributed by atoms with Gasteiger partial charge < -0.3 is 14.5 Å². The summed E-state index contributed by atoms with van der Waals surface area (Å²) in [5, 5.41) is 13.7. The molecule has 0 radical (unpaired) electrons. The van der Waals surface area contributed by atoms with Gasteiger partial charge in [0.25, 0.3) is 11.6 Å². The number of nitro benzene ring substituents is 1. The fourth-order valence-corrected chi connectivity index (χ4v) is 2.56. The molecule has 0 saturated heterocycles. The van der Waals surface area contributed by atoms with E-state index in [0.29, 0.717) is 22.7 Å². The van der Waals surface area contributed by atoms with Crippen molar-refractivity contribution in [1.82, 2.24) is 4.98 Å².